The number of phenolic OH excluding ortho intramolecular Hbond substituents is 1. The van der Waals surface area contributed by atoms with Crippen LogP contribution in [0.25, 0.3) is 0 Å². The summed E-state index contributed by atoms with van der Waals surface area (Å²) in [6.07, 6.45) is 1.78. The first-order valence-corrected chi connectivity index (χ1v) is 7.47. The van der Waals surface area contributed by atoms with Gasteiger partial charge in [-0.3, -0.25) is 4.79 Å². The van der Waals surface area contributed by atoms with Crippen molar-refractivity contribution >= 4 is 11.6 Å². The standard InChI is InChI=1S/C18H17N3O3/c19-15(10-12-6-8-14(22)9-7-12)18-21-16(11-24-18)17(23)20-13-4-2-1-3-5-13/h1-9,11,15,22H,10,19H2,(H,20,23). The van der Waals surface area contributed by atoms with Crippen molar-refractivity contribution in [1.82, 2.24) is 4.98 Å². The number of nitrogens with two attached hydrogens (primary N) is 1. The van der Waals surface area contributed by atoms with Gasteiger partial charge in [-0.1, -0.05) is 30.3 Å². The highest BCUT2D eigenvalue weighted by Gasteiger charge is 2.17. The first kappa shape index (κ1) is 15.8. The van der Waals surface area contributed by atoms with Crippen LogP contribution in [-0.4, -0.2) is 16.0 Å². The lowest BCUT2D eigenvalue weighted by Gasteiger charge is -2.07. The minimum atomic E-state index is -0.479. The van der Waals surface area contributed by atoms with Gasteiger partial charge in [0.2, 0.25) is 5.89 Å². The Kier molecular flexibility index (Phi) is 4.58. The fourth-order valence-electron chi connectivity index (χ4n) is 2.25. The summed E-state index contributed by atoms with van der Waals surface area (Å²) in [5.74, 6) is 0.137. The summed E-state index contributed by atoms with van der Waals surface area (Å²) in [6.45, 7) is 0. The number of para-hydroxylation sites is 1. The zero-order valence-corrected chi connectivity index (χ0v) is 12.8. The van der Waals surface area contributed by atoms with E-state index in [0.29, 0.717) is 18.0 Å². The van der Waals surface area contributed by atoms with Gasteiger partial charge in [-0.25, -0.2) is 4.98 Å². The van der Waals surface area contributed by atoms with Crippen LogP contribution in [0.3, 0.4) is 0 Å². The first-order chi connectivity index (χ1) is 11.6. The number of anilines is 1. The van der Waals surface area contributed by atoms with Gasteiger partial charge >= 0.3 is 0 Å². The molecule has 0 spiro atoms. The van der Waals surface area contributed by atoms with Crippen molar-refractivity contribution in [3.8, 4) is 5.75 Å². The molecule has 1 heterocycles. The fourth-order valence-corrected chi connectivity index (χ4v) is 2.25. The molecule has 1 unspecified atom stereocenters. The van der Waals surface area contributed by atoms with E-state index in [1.165, 1.54) is 6.26 Å². The molecule has 24 heavy (non-hydrogen) atoms. The fraction of sp³-hybridized carbons (Fsp3) is 0.111. The number of aromatic nitrogens is 1. The van der Waals surface area contributed by atoms with Crippen molar-refractivity contribution in [2.75, 3.05) is 5.32 Å². The first-order valence-electron chi connectivity index (χ1n) is 7.47. The Morgan fingerprint density at radius 2 is 1.88 bits per heavy atom. The van der Waals surface area contributed by atoms with Crippen molar-refractivity contribution in [2.45, 2.75) is 12.5 Å². The SMILES string of the molecule is NC(Cc1ccc(O)cc1)c1nc(C(=O)Nc2ccccc2)co1. The van der Waals surface area contributed by atoms with E-state index in [1.807, 2.05) is 18.2 Å². The average Bonchev–Trinajstić information content (AvgIpc) is 3.08. The van der Waals surface area contributed by atoms with E-state index in [2.05, 4.69) is 10.3 Å². The van der Waals surface area contributed by atoms with Gasteiger partial charge in [0.05, 0.1) is 6.04 Å². The van der Waals surface area contributed by atoms with Gasteiger partial charge in [-0.2, -0.15) is 0 Å². The molecule has 0 bridgehead atoms. The zero-order valence-electron chi connectivity index (χ0n) is 12.8. The smallest absolute Gasteiger partial charge is 0.277 e. The Bertz CT molecular complexity index is 813. The number of benzene rings is 2. The molecule has 0 aliphatic heterocycles. The topological polar surface area (TPSA) is 101 Å². The Morgan fingerprint density at radius 3 is 2.58 bits per heavy atom. The van der Waals surface area contributed by atoms with Gasteiger partial charge < -0.3 is 20.6 Å². The highest BCUT2D eigenvalue weighted by atomic mass is 16.3. The van der Waals surface area contributed by atoms with Gasteiger partial charge in [0.15, 0.2) is 5.69 Å². The number of phenols is 1. The molecule has 3 rings (SSSR count). The molecule has 1 aromatic heterocycles. The van der Waals surface area contributed by atoms with Crippen LogP contribution in [0.4, 0.5) is 5.69 Å². The number of oxazole rings is 1. The maximum atomic E-state index is 12.1. The summed E-state index contributed by atoms with van der Waals surface area (Å²) in [5.41, 5.74) is 7.88. The molecule has 122 valence electrons. The summed E-state index contributed by atoms with van der Waals surface area (Å²) >= 11 is 0. The predicted molar refractivity (Wildman–Crippen MR) is 89.6 cm³/mol. The molecule has 6 nitrogen and oxygen atoms in total. The largest absolute Gasteiger partial charge is 0.508 e. The molecule has 1 amide bonds. The summed E-state index contributed by atoms with van der Waals surface area (Å²) in [5, 5.41) is 12.0. The van der Waals surface area contributed by atoms with Crippen LogP contribution < -0.4 is 11.1 Å². The third-order valence-corrected chi connectivity index (χ3v) is 3.50. The molecule has 3 aromatic rings. The van der Waals surface area contributed by atoms with Crippen molar-refractivity contribution < 1.29 is 14.3 Å². The highest BCUT2D eigenvalue weighted by molar-refractivity contribution is 6.02. The quantitative estimate of drug-likeness (QED) is 0.670. The number of amides is 1. The van der Waals surface area contributed by atoms with Crippen molar-refractivity contribution in [2.24, 2.45) is 5.73 Å². The number of nitrogens with one attached hydrogen (secondary N) is 1. The van der Waals surface area contributed by atoms with E-state index in [0.717, 1.165) is 5.56 Å². The number of carbonyl (C=O) groups is 1. The molecule has 4 N–H and O–H groups in total. The molecule has 0 saturated carbocycles. The number of rotatable bonds is 5. The second-order valence-corrected chi connectivity index (χ2v) is 5.37. The molecule has 0 saturated heterocycles. The summed E-state index contributed by atoms with van der Waals surface area (Å²) in [6, 6.07) is 15.4. The Hall–Kier alpha value is -3.12. The molecular formula is C18H17N3O3. The Balaban J connectivity index is 1.66. The second kappa shape index (κ2) is 6.97. The third-order valence-electron chi connectivity index (χ3n) is 3.50. The van der Waals surface area contributed by atoms with Gasteiger partial charge in [-0.15, -0.1) is 0 Å². The minimum Gasteiger partial charge on any atom is -0.508 e. The molecular weight excluding hydrogens is 306 g/mol. The molecule has 0 radical (unpaired) electrons. The second-order valence-electron chi connectivity index (χ2n) is 5.37. The van der Waals surface area contributed by atoms with Gasteiger partial charge in [0.25, 0.3) is 5.91 Å². The van der Waals surface area contributed by atoms with Crippen LogP contribution in [-0.2, 0) is 6.42 Å². The molecule has 0 fully saturated rings. The van der Waals surface area contributed by atoms with Gasteiger partial charge in [0.1, 0.15) is 12.0 Å². The number of carbonyl (C=O) groups excluding carboxylic acids is 1. The highest BCUT2D eigenvalue weighted by Crippen LogP contribution is 2.18. The molecule has 6 heteroatoms. The van der Waals surface area contributed by atoms with Gasteiger partial charge in [-0.05, 0) is 36.2 Å². The van der Waals surface area contributed by atoms with Crippen molar-refractivity contribution in [1.29, 1.82) is 0 Å². The van der Waals surface area contributed by atoms with Crippen LogP contribution in [0.1, 0.15) is 28.0 Å². The van der Waals surface area contributed by atoms with E-state index in [4.69, 9.17) is 10.2 Å². The van der Waals surface area contributed by atoms with E-state index < -0.39 is 6.04 Å². The molecule has 1 atom stereocenters. The number of hydrogen-bond acceptors (Lipinski definition) is 5. The third kappa shape index (κ3) is 3.80. The zero-order chi connectivity index (χ0) is 16.9. The predicted octanol–water partition coefficient (Wildman–Crippen LogP) is 2.88. The maximum Gasteiger partial charge on any atom is 0.277 e. The Morgan fingerprint density at radius 1 is 1.17 bits per heavy atom. The van der Waals surface area contributed by atoms with E-state index in [1.54, 1.807) is 36.4 Å². The lowest BCUT2D eigenvalue weighted by Crippen LogP contribution is -2.16. The van der Waals surface area contributed by atoms with Crippen molar-refractivity contribution in [3.63, 3.8) is 0 Å². The summed E-state index contributed by atoms with van der Waals surface area (Å²) in [4.78, 5) is 16.3. The summed E-state index contributed by atoms with van der Waals surface area (Å²) < 4.78 is 5.33. The van der Waals surface area contributed by atoms with E-state index in [9.17, 15) is 9.90 Å². The lowest BCUT2D eigenvalue weighted by atomic mass is 10.1. The molecule has 0 aliphatic carbocycles. The normalized spacial score (nSPS) is 11.9. The van der Waals surface area contributed by atoms with Gasteiger partial charge in [0, 0.05) is 5.69 Å². The van der Waals surface area contributed by atoms with E-state index in [-0.39, 0.29) is 17.4 Å². The van der Waals surface area contributed by atoms with E-state index >= 15 is 0 Å². The number of nitrogens with zero attached hydrogens (tertiary/aromatic N) is 1. The number of hydrogen-bond donors (Lipinski definition) is 3. The lowest BCUT2D eigenvalue weighted by molar-refractivity contribution is 0.102. The van der Waals surface area contributed by atoms with Crippen LogP contribution in [0.2, 0.25) is 0 Å². The van der Waals surface area contributed by atoms with Crippen LogP contribution >= 0.6 is 0 Å². The minimum absolute atomic E-state index is 0.176. The monoisotopic (exact) mass is 323 g/mol. The summed E-state index contributed by atoms with van der Waals surface area (Å²) in [7, 11) is 0. The molecule has 0 aliphatic rings. The number of aromatic hydroxyl groups is 1. The molecule has 2 aromatic carbocycles. The average molecular weight is 323 g/mol. The van der Waals surface area contributed by atoms with Crippen LogP contribution in [0.15, 0.2) is 65.3 Å². The van der Waals surface area contributed by atoms with Crippen molar-refractivity contribution in [3.05, 3.63) is 78.0 Å². The van der Waals surface area contributed by atoms with Crippen LogP contribution in [0.5, 0.6) is 5.75 Å². The van der Waals surface area contributed by atoms with Crippen LogP contribution in [0, 0.1) is 0 Å². The Labute approximate surface area is 138 Å². The maximum absolute atomic E-state index is 12.1.